The molecule has 0 amide bonds. The molecule has 1 saturated heterocycles. The summed E-state index contributed by atoms with van der Waals surface area (Å²) in [6.07, 6.45) is 0. The summed E-state index contributed by atoms with van der Waals surface area (Å²) in [6.45, 7) is 3.96. The van der Waals surface area contributed by atoms with Crippen LogP contribution in [0.25, 0.3) is 0 Å². The molecule has 0 aromatic carbocycles. The van der Waals surface area contributed by atoms with E-state index in [0.29, 0.717) is 12.0 Å². The van der Waals surface area contributed by atoms with Crippen LogP contribution in [-0.4, -0.2) is 69.8 Å². The van der Waals surface area contributed by atoms with Crippen molar-refractivity contribution in [2.75, 3.05) is 39.5 Å². The zero-order valence-electron chi connectivity index (χ0n) is 9.17. The third kappa shape index (κ3) is 2.24. The summed E-state index contributed by atoms with van der Waals surface area (Å²) >= 11 is 0. The average Bonchev–Trinajstić information content (AvgIpc) is 2.58. The smallest absolute Gasteiger partial charge is 0.240 e. The Bertz CT molecular complexity index is 323. The van der Waals surface area contributed by atoms with Gasteiger partial charge in [-0.05, 0) is 24.5 Å². The summed E-state index contributed by atoms with van der Waals surface area (Å²) in [5, 5.41) is 11.1. The Morgan fingerprint density at radius 2 is 2.20 bits per heavy atom. The molecule has 2 heterocycles. The second kappa shape index (κ2) is 4.11. The number of likely N-dealkylation sites (N-methyl/N-ethyl adjacent to an activating group) is 2. The van der Waals surface area contributed by atoms with Gasteiger partial charge < -0.3 is 10.6 Å². The molecule has 2 rings (SSSR count). The van der Waals surface area contributed by atoms with E-state index in [9.17, 15) is 0 Å². The van der Waals surface area contributed by atoms with Crippen LogP contribution in [0.2, 0.25) is 0 Å². The zero-order chi connectivity index (χ0) is 10.8. The standard InChI is InChI=1S/C8H17N7/c1-13-3-4-14(2)7(5-13)6-15-8(9)10-11-12-15/h7H,3-6H2,1-2H3,(H2,9,10,12). The molecule has 15 heavy (non-hydrogen) atoms. The number of anilines is 1. The molecule has 1 aromatic heterocycles. The van der Waals surface area contributed by atoms with E-state index in [1.807, 2.05) is 0 Å². The number of rotatable bonds is 2. The van der Waals surface area contributed by atoms with Crippen LogP contribution in [0.3, 0.4) is 0 Å². The van der Waals surface area contributed by atoms with Gasteiger partial charge >= 0.3 is 0 Å². The topological polar surface area (TPSA) is 76.1 Å². The Hall–Kier alpha value is -1.21. The van der Waals surface area contributed by atoms with Crippen molar-refractivity contribution in [2.45, 2.75) is 12.6 Å². The van der Waals surface area contributed by atoms with Crippen molar-refractivity contribution in [3.8, 4) is 0 Å². The van der Waals surface area contributed by atoms with E-state index in [-0.39, 0.29) is 0 Å². The van der Waals surface area contributed by atoms with Crippen LogP contribution in [0.5, 0.6) is 0 Å². The lowest BCUT2D eigenvalue weighted by Crippen LogP contribution is -2.51. The number of hydrogen-bond donors (Lipinski definition) is 1. The lowest BCUT2D eigenvalue weighted by atomic mass is 10.2. The molecule has 7 nitrogen and oxygen atoms in total. The van der Waals surface area contributed by atoms with Crippen molar-refractivity contribution in [3.63, 3.8) is 0 Å². The van der Waals surface area contributed by atoms with Crippen molar-refractivity contribution in [1.82, 2.24) is 30.0 Å². The highest BCUT2D eigenvalue weighted by molar-refractivity contribution is 5.10. The number of nitrogens with two attached hydrogens (primary N) is 1. The Kier molecular flexibility index (Phi) is 2.83. The molecule has 0 bridgehead atoms. The summed E-state index contributed by atoms with van der Waals surface area (Å²) in [6, 6.07) is 0.426. The summed E-state index contributed by atoms with van der Waals surface area (Å²) < 4.78 is 1.65. The molecule has 1 fully saturated rings. The minimum Gasteiger partial charge on any atom is -0.367 e. The Balaban J connectivity index is 2.01. The van der Waals surface area contributed by atoms with E-state index in [1.165, 1.54) is 0 Å². The van der Waals surface area contributed by atoms with E-state index in [1.54, 1.807) is 4.68 Å². The first-order valence-electron chi connectivity index (χ1n) is 5.07. The fourth-order valence-corrected chi connectivity index (χ4v) is 1.84. The van der Waals surface area contributed by atoms with Crippen LogP contribution >= 0.6 is 0 Å². The number of nitrogens with zero attached hydrogens (tertiary/aromatic N) is 6. The van der Waals surface area contributed by atoms with Gasteiger partial charge in [-0.2, -0.15) is 0 Å². The van der Waals surface area contributed by atoms with Gasteiger partial charge in [0.15, 0.2) is 0 Å². The normalized spacial score (nSPS) is 24.5. The fraction of sp³-hybridized carbons (Fsp3) is 0.875. The highest BCUT2D eigenvalue weighted by Gasteiger charge is 2.23. The quantitative estimate of drug-likeness (QED) is 0.641. The summed E-state index contributed by atoms with van der Waals surface area (Å²) in [5.41, 5.74) is 5.63. The maximum absolute atomic E-state index is 5.63. The maximum Gasteiger partial charge on any atom is 0.240 e. The predicted octanol–water partition coefficient (Wildman–Crippen LogP) is -1.50. The SMILES string of the molecule is CN1CCN(C)C(Cn2nnnc2N)C1. The van der Waals surface area contributed by atoms with Crippen LogP contribution < -0.4 is 5.73 Å². The largest absolute Gasteiger partial charge is 0.367 e. The van der Waals surface area contributed by atoms with Gasteiger partial charge in [0.05, 0.1) is 6.54 Å². The second-order valence-electron chi connectivity index (χ2n) is 4.12. The van der Waals surface area contributed by atoms with Crippen molar-refractivity contribution in [1.29, 1.82) is 0 Å². The third-order valence-electron chi connectivity index (χ3n) is 2.92. The molecule has 1 aliphatic rings. The summed E-state index contributed by atoms with van der Waals surface area (Å²) in [4.78, 5) is 4.63. The molecule has 84 valence electrons. The first kappa shape index (κ1) is 10.3. The number of hydrogen-bond acceptors (Lipinski definition) is 6. The lowest BCUT2D eigenvalue weighted by Gasteiger charge is -2.37. The number of nitrogen functional groups attached to an aromatic ring is 1. The molecule has 0 aliphatic carbocycles. The van der Waals surface area contributed by atoms with Gasteiger partial charge in [-0.1, -0.05) is 5.10 Å². The highest BCUT2D eigenvalue weighted by Crippen LogP contribution is 2.08. The van der Waals surface area contributed by atoms with Crippen LogP contribution in [0.15, 0.2) is 0 Å². The van der Waals surface area contributed by atoms with Crippen LogP contribution in [0.1, 0.15) is 0 Å². The van der Waals surface area contributed by atoms with Gasteiger partial charge in [-0.15, -0.1) is 0 Å². The maximum atomic E-state index is 5.63. The van der Waals surface area contributed by atoms with Crippen molar-refractivity contribution in [3.05, 3.63) is 0 Å². The van der Waals surface area contributed by atoms with Crippen molar-refractivity contribution < 1.29 is 0 Å². The molecule has 1 atom stereocenters. The molecule has 2 N–H and O–H groups in total. The molecule has 0 radical (unpaired) electrons. The van der Waals surface area contributed by atoms with Gasteiger partial charge in [0.2, 0.25) is 5.95 Å². The molecule has 1 unspecified atom stereocenters. The van der Waals surface area contributed by atoms with E-state index in [2.05, 4.69) is 39.4 Å². The van der Waals surface area contributed by atoms with E-state index in [4.69, 9.17) is 5.73 Å². The minimum atomic E-state index is 0.386. The van der Waals surface area contributed by atoms with Crippen LogP contribution in [0, 0.1) is 0 Å². The Labute approximate surface area is 88.8 Å². The fourth-order valence-electron chi connectivity index (χ4n) is 1.84. The van der Waals surface area contributed by atoms with Gasteiger partial charge in [-0.3, -0.25) is 4.90 Å². The number of tetrazole rings is 1. The Morgan fingerprint density at radius 3 is 2.87 bits per heavy atom. The monoisotopic (exact) mass is 211 g/mol. The van der Waals surface area contributed by atoms with Crippen molar-refractivity contribution >= 4 is 5.95 Å². The zero-order valence-corrected chi connectivity index (χ0v) is 9.17. The molecule has 7 heteroatoms. The van der Waals surface area contributed by atoms with Gasteiger partial charge in [-0.25, -0.2) is 4.68 Å². The minimum absolute atomic E-state index is 0.386. The number of aromatic nitrogens is 4. The Morgan fingerprint density at radius 1 is 1.40 bits per heavy atom. The molecular formula is C8H17N7. The first-order chi connectivity index (χ1) is 7.16. The molecule has 1 aliphatic heterocycles. The summed E-state index contributed by atoms with van der Waals surface area (Å²) in [7, 11) is 4.25. The predicted molar refractivity (Wildman–Crippen MR) is 56.1 cm³/mol. The second-order valence-corrected chi connectivity index (χ2v) is 4.12. The van der Waals surface area contributed by atoms with Gasteiger partial charge in [0.1, 0.15) is 0 Å². The molecule has 0 spiro atoms. The molecule has 0 saturated carbocycles. The van der Waals surface area contributed by atoms with Crippen molar-refractivity contribution in [2.24, 2.45) is 0 Å². The highest BCUT2D eigenvalue weighted by atomic mass is 15.6. The van der Waals surface area contributed by atoms with E-state index >= 15 is 0 Å². The van der Waals surface area contributed by atoms with Crippen LogP contribution in [-0.2, 0) is 6.54 Å². The van der Waals surface area contributed by atoms with Gasteiger partial charge in [0.25, 0.3) is 0 Å². The molecular weight excluding hydrogens is 194 g/mol. The lowest BCUT2D eigenvalue weighted by molar-refractivity contribution is 0.101. The van der Waals surface area contributed by atoms with Crippen LogP contribution in [0.4, 0.5) is 5.95 Å². The summed E-state index contributed by atoms with van der Waals surface area (Å²) in [5.74, 6) is 0.386. The van der Waals surface area contributed by atoms with E-state index in [0.717, 1.165) is 26.2 Å². The third-order valence-corrected chi connectivity index (χ3v) is 2.92. The van der Waals surface area contributed by atoms with Gasteiger partial charge in [0, 0.05) is 25.7 Å². The average molecular weight is 211 g/mol. The number of piperazine rings is 1. The van der Waals surface area contributed by atoms with E-state index < -0.39 is 0 Å². The first-order valence-corrected chi connectivity index (χ1v) is 5.07. The molecule has 1 aromatic rings.